The summed E-state index contributed by atoms with van der Waals surface area (Å²) in [6.07, 6.45) is -5.86. The van der Waals surface area contributed by atoms with Gasteiger partial charge in [-0.05, 0) is 41.5 Å². The van der Waals surface area contributed by atoms with Crippen LogP contribution < -0.4 is 5.32 Å². The van der Waals surface area contributed by atoms with Crippen molar-refractivity contribution in [2.45, 2.75) is 108 Å². The second-order valence-corrected chi connectivity index (χ2v) is 11.5. The number of methoxy groups -OCH3 is 1. The highest BCUT2D eigenvalue weighted by atomic mass is 16.6. The monoisotopic (exact) mass is 534 g/mol. The van der Waals surface area contributed by atoms with Gasteiger partial charge < -0.3 is 49.2 Å². The zero-order chi connectivity index (χ0) is 28.3. The predicted octanol–water partition coefficient (Wildman–Crippen LogP) is 0.319. The van der Waals surface area contributed by atoms with Crippen LogP contribution in [0.5, 0.6) is 0 Å². The van der Waals surface area contributed by atoms with Gasteiger partial charge in [-0.2, -0.15) is 0 Å². The topological polar surface area (TPSA) is 177 Å². The number of alkyl carbamates (subject to hydrolysis) is 1. The van der Waals surface area contributed by atoms with E-state index in [1.54, 1.807) is 41.5 Å². The van der Waals surface area contributed by atoms with Crippen LogP contribution in [0.25, 0.3) is 0 Å². The SMILES string of the molecule is COC(=O)[C@H](C[C@@]1(C[C@H]2OC[C@@H](O)[C@@H](N(C)C(=O)OC(C)(C)C)[C@H]2O)O[C@H]1CO)NC(=O)OC(C)(C)C. The Hall–Kier alpha value is -2.19. The number of amides is 2. The van der Waals surface area contributed by atoms with Gasteiger partial charge in [-0.3, -0.25) is 0 Å². The van der Waals surface area contributed by atoms with Gasteiger partial charge in [0.2, 0.25) is 0 Å². The maximum atomic E-state index is 12.6. The number of nitrogens with one attached hydrogen (secondary N) is 1. The molecule has 0 unspecified atom stereocenters. The Labute approximate surface area is 217 Å². The number of carbonyl (C=O) groups excluding carboxylic acids is 3. The van der Waals surface area contributed by atoms with Gasteiger partial charge in [0.1, 0.15) is 41.2 Å². The van der Waals surface area contributed by atoms with Crippen molar-refractivity contribution in [2.75, 3.05) is 27.4 Å². The lowest BCUT2D eigenvalue weighted by molar-refractivity contribution is -0.169. The van der Waals surface area contributed by atoms with E-state index in [0.717, 1.165) is 4.90 Å². The molecule has 13 heteroatoms. The molecule has 2 amide bonds. The molecule has 2 saturated heterocycles. The molecular weight excluding hydrogens is 492 g/mol. The van der Waals surface area contributed by atoms with Crippen molar-refractivity contribution < 1.29 is 53.4 Å². The lowest BCUT2D eigenvalue weighted by atomic mass is 9.85. The fourth-order valence-electron chi connectivity index (χ4n) is 4.36. The van der Waals surface area contributed by atoms with Crippen molar-refractivity contribution >= 4 is 18.2 Å². The van der Waals surface area contributed by atoms with Crippen LogP contribution in [0.2, 0.25) is 0 Å². The van der Waals surface area contributed by atoms with E-state index in [-0.39, 0.29) is 26.1 Å². The van der Waals surface area contributed by atoms with Crippen LogP contribution in [0, 0.1) is 0 Å². The summed E-state index contributed by atoms with van der Waals surface area (Å²) in [6.45, 7) is 9.55. The summed E-state index contributed by atoms with van der Waals surface area (Å²) in [5.74, 6) is -0.750. The molecule has 2 rings (SSSR count). The molecule has 0 aliphatic carbocycles. The minimum Gasteiger partial charge on any atom is -0.467 e. The molecule has 2 heterocycles. The number of epoxide rings is 1. The van der Waals surface area contributed by atoms with Gasteiger partial charge in [0.25, 0.3) is 0 Å². The highest BCUT2D eigenvalue weighted by Crippen LogP contribution is 2.46. The van der Waals surface area contributed by atoms with Gasteiger partial charge in [-0.25, -0.2) is 14.4 Å². The zero-order valence-electron chi connectivity index (χ0n) is 22.8. The summed E-state index contributed by atoms with van der Waals surface area (Å²) >= 11 is 0. The molecule has 37 heavy (non-hydrogen) atoms. The quantitative estimate of drug-likeness (QED) is 0.192. The first kappa shape index (κ1) is 31.0. The summed E-state index contributed by atoms with van der Waals surface area (Å²) in [5, 5.41) is 33.8. The molecule has 4 N–H and O–H groups in total. The number of likely N-dealkylation sites (N-methyl/N-ethyl adjacent to an activating group) is 1. The van der Waals surface area contributed by atoms with Crippen LogP contribution in [-0.2, 0) is 28.5 Å². The number of hydrogen-bond donors (Lipinski definition) is 4. The van der Waals surface area contributed by atoms with Crippen molar-refractivity contribution in [1.82, 2.24) is 10.2 Å². The van der Waals surface area contributed by atoms with E-state index in [2.05, 4.69) is 5.32 Å². The smallest absolute Gasteiger partial charge is 0.410 e. The third-order valence-corrected chi connectivity index (χ3v) is 6.08. The van der Waals surface area contributed by atoms with E-state index in [1.807, 2.05) is 0 Å². The molecule has 0 radical (unpaired) electrons. The molecule has 13 nitrogen and oxygen atoms in total. The zero-order valence-corrected chi connectivity index (χ0v) is 22.8. The number of rotatable bonds is 8. The standard InChI is InChI=1S/C24H42N2O11/c1-22(2,3)36-20(31)25-13(19(30)33-8)9-24(16(11-27)35-24)10-15-18(29)17(14(28)12-34-15)26(7)21(32)37-23(4,5)6/h13-18,27-29H,9-12H2,1-8H3,(H,25,31)/t13-,14+,15+,16-,17+,18-,24-/m0/s1. The molecule has 0 bridgehead atoms. The van der Waals surface area contributed by atoms with Crippen molar-refractivity contribution in [3.63, 3.8) is 0 Å². The van der Waals surface area contributed by atoms with Crippen LogP contribution in [-0.4, -0.2) is 119 Å². The molecule has 0 aromatic rings. The van der Waals surface area contributed by atoms with Gasteiger partial charge in [0, 0.05) is 19.9 Å². The Kier molecular flexibility index (Phi) is 9.80. The summed E-state index contributed by atoms with van der Waals surface area (Å²) in [5.41, 5.74) is -2.75. The first-order valence-electron chi connectivity index (χ1n) is 12.2. The Morgan fingerprint density at radius 3 is 2.19 bits per heavy atom. The van der Waals surface area contributed by atoms with Gasteiger partial charge >= 0.3 is 18.2 Å². The van der Waals surface area contributed by atoms with E-state index in [0.29, 0.717) is 0 Å². The molecule has 0 spiro atoms. The molecule has 2 fully saturated rings. The first-order chi connectivity index (χ1) is 16.9. The summed E-state index contributed by atoms with van der Waals surface area (Å²) in [4.78, 5) is 38.5. The maximum Gasteiger partial charge on any atom is 0.410 e. The average Bonchev–Trinajstić information content (AvgIpc) is 3.44. The molecule has 0 saturated carbocycles. The van der Waals surface area contributed by atoms with Crippen LogP contribution in [0.1, 0.15) is 54.4 Å². The number of nitrogens with zero attached hydrogens (tertiary/aromatic N) is 1. The first-order valence-corrected chi connectivity index (χ1v) is 12.2. The van der Waals surface area contributed by atoms with Crippen LogP contribution in [0.4, 0.5) is 9.59 Å². The lowest BCUT2D eigenvalue weighted by Gasteiger charge is -2.43. The van der Waals surface area contributed by atoms with E-state index >= 15 is 0 Å². The van der Waals surface area contributed by atoms with Gasteiger partial charge in [0.15, 0.2) is 0 Å². The Morgan fingerprint density at radius 1 is 1.11 bits per heavy atom. The van der Waals surface area contributed by atoms with Crippen LogP contribution in [0.15, 0.2) is 0 Å². The second-order valence-electron chi connectivity index (χ2n) is 11.5. The molecule has 0 aromatic heterocycles. The second kappa shape index (κ2) is 11.7. The summed E-state index contributed by atoms with van der Waals surface area (Å²) in [6, 6.07) is -2.23. The number of carbonyl (C=O) groups is 3. The molecule has 0 aromatic carbocycles. The third kappa shape index (κ3) is 8.40. The van der Waals surface area contributed by atoms with E-state index in [4.69, 9.17) is 23.7 Å². The van der Waals surface area contributed by atoms with Crippen molar-refractivity contribution in [3.8, 4) is 0 Å². The minimum atomic E-state index is -1.35. The molecule has 2 aliphatic heterocycles. The fourth-order valence-corrected chi connectivity index (χ4v) is 4.36. The molecule has 2 aliphatic rings. The van der Waals surface area contributed by atoms with Gasteiger partial charge in [-0.1, -0.05) is 0 Å². The highest BCUT2D eigenvalue weighted by Gasteiger charge is 2.60. The van der Waals surface area contributed by atoms with E-state index in [1.165, 1.54) is 14.2 Å². The van der Waals surface area contributed by atoms with Gasteiger partial charge in [-0.15, -0.1) is 0 Å². The maximum absolute atomic E-state index is 12.6. The van der Waals surface area contributed by atoms with E-state index in [9.17, 15) is 29.7 Å². The fraction of sp³-hybridized carbons (Fsp3) is 0.875. The third-order valence-electron chi connectivity index (χ3n) is 6.08. The predicted molar refractivity (Wildman–Crippen MR) is 129 cm³/mol. The molecule has 214 valence electrons. The average molecular weight is 535 g/mol. The highest BCUT2D eigenvalue weighted by molar-refractivity contribution is 5.81. The number of esters is 1. The van der Waals surface area contributed by atoms with Crippen LogP contribution >= 0.6 is 0 Å². The normalized spacial score (nSPS) is 30.6. The molecular formula is C24H42N2O11. The van der Waals surface area contributed by atoms with Gasteiger partial charge in [0.05, 0.1) is 32.5 Å². The van der Waals surface area contributed by atoms with Crippen molar-refractivity contribution in [1.29, 1.82) is 0 Å². The van der Waals surface area contributed by atoms with Crippen LogP contribution in [0.3, 0.4) is 0 Å². The summed E-state index contributed by atoms with van der Waals surface area (Å²) < 4.78 is 26.8. The Morgan fingerprint density at radius 2 is 1.70 bits per heavy atom. The molecule has 7 atom stereocenters. The lowest BCUT2D eigenvalue weighted by Crippen LogP contribution is -2.62. The largest absolute Gasteiger partial charge is 0.467 e. The Balaban J connectivity index is 2.19. The Bertz CT molecular complexity index is 824. The van der Waals surface area contributed by atoms with E-state index < -0.39 is 71.5 Å². The minimum absolute atomic E-state index is 0.00569. The number of ether oxygens (including phenoxy) is 5. The number of hydrogen-bond acceptors (Lipinski definition) is 11. The van der Waals surface area contributed by atoms with Crippen molar-refractivity contribution in [2.24, 2.45) is 0 Å². The van der Waals surface area contributed by atoms with Crippen molar-refractivity contribution in [3.05, 3.63) is 0 Å². The number of aliphatic hydroxyl groups excluding tert-OH is 3. The number of aliphatic hydroxyl groups is 3. The summed E-state index contributed by atoms with van der Waals surface area (Å²) in [7, 11) is 2.58.